The minimum atomic E-state index is 0.571. The summed E-state index contributed by atoms with van der Waals surface area (Å²) >= 11 is 0. The maximum atomic E-state index is 5.63. The molecular formula is C15H20N4O. The first-order valence-corrected chi connectivity index (χ1v) is 6.67. The Kier molecular flexibility index (Phi) is 4.90. The van der Waals surface area contributed by atoms with Gasteiger partial charge in [-0.15, -0.1) is 0 Å². The number of ether oxygens (including phenoxy) is 1. The van der Waals surface area contributed by atoms with Crippen LogP contribution in [0.3, 0.4) is 0 Å². The molecule has 1 aromatic carbocycles. The van der Waals surface area contributed by atoms with Gasteiger partial charge in [0.15, 0.2) is 0 Å². The van der Waals surface area contributed by atoms with Crippen molar-refractivity contribution in [3.8, 4) is 5.88 Å². The van der Waals surface area contributed by atoms with E-state index in [-0.39, 0.29) is 0 Å². The lowest BCUT2D eigenvalue weighted by Crippen LogP contribution is -2.23. The number of methoxy groups -OCH3 is 1. The number of aromatic nitrogens is 2. The van der Waals surface area contributed by atoms with Crippen LogP contribution in [-0.2, 0) is 0 Å². The van der Waals surface area contributed by atoms with E-state index in [2.05, 4.69) is 14.9 Å². The van der Waals surface area contributed by atoms with Crippen molar-refractivity contribution in [2.45, 2.75) is 13.3 Å². The van der Waals surface area contributed by atoms with Crippen LogP contribution >= 0.6 is 0 Å². The molecule has 1 aromatic heterocycles. The lowest BCUT2D eigenvalue weighted by molar-refractivity contribution is 0.396. The Morgan fingerprint density at radius 1 is 1.20 bits per heavy atom. The van der Waals surface area contributed by atoms with Crippen LogP contribution in [-0.4, -0.2) is 30.2 Å². The van der Waals surface area contributed by atoms with Crippen molar-refractivity contribution in [3.63, 3.8) is 0 Å². The molecule has 0 saturated carbocycles. The van der Waals surface area contributed by atoms with Gasteiger partial charge < -0.3 is 15.4 Å². The van der Waals surface area contributed by atoms with Crippen molar-refractivity contribution >= 4 is 11.6 Å². The largest absolute Gasteiger partial charge is 0.481 e. The van der Waals surface area contributed by atoms with Crippen LogP contribution in [0.2, 0.25) is 0 Å². The Bertz CT molecular complexity index is 545. The maximum Gasteiger partial charge on any atom is 0.233 e. The number of anilines is 2. The van der Waals surface area contributed by atoms with E-state index in [0.29, 0.717) is 18.4 Å². The first-order valence-electron chi connectivity index (χ1n) is 6.67. The fourth-order valence-corrected chi connectivity index (χ4v) is 1.95. The lowest BCUT2D eigenvalue weighted by atomic mass is 10.2. The third kappa shape index (κ3) is 3.45. The Hall–Kier alpha value is -2.14. The van der Waals surface area contributed by atoms with Gasteiger partial charge in [-0.3, -0.25) is 0 Å². The van der Waals surface area contributed by atoms with Crippen LogP contribution < -0.4 is 15.4 Å². The number of nitrogens with two attached hydrogens (primary N) is 1. The summed E-state index contributed by atoms with van der Waals surface area (Å²) in [4.78, 5) is 11.0. The van der Waals surface area contributed by atoms with Crippen molar-refractivity contribution in [3.05, 3.63) is 42.1 Å². The summed E-state index contributed by atoms with van der Waals surface area (Å²) < 4.78 is 5.22. The molecule has 2 rings (SSSR count). The molecule has 0 fully saturated rings. The zero-order chi connectivity index (χ0) is 14.4. The van der Waals surface area contributed by atoms with Gasteiger partial charge in [0.25, 0.3) is 0 Å². The fourth-order valence-electron chi connectivity index (χ4n) is 1.95. The Morgan fingerprint density at radius 2 is 1.95 bits per heavy atom. The average molecular weight is 272 g/mol. The summed E-state index contributed by atoms with van der Waals surface area (Å²) in [5.41, 5.74) is 7.55. The van der Waals surface area contributed by atoms with Gasteiger partial charge in [-0.1, -0.05) is 18.2 Å². The normalized spacial score (nSPS) is 10.3. The van der Waals surface area contributed by atoms with Gasteiger partial charge in [0.05, 0.1) is 7.11 Å². The van der Waals surface area contributed by atoms with Crippen LogP contribution in [0.4, 0.5) is 11.6 Å². The summed E-state index contributed by atoms with van der Waals surface area (Å²) in [6, 6.07) is 11.9. The second-order valence-electron chi connectivity index (χ2n) is 4.48. The number of benzene rings is 1. The van der Waals surface area contributed by atoms with Crippen LogP contribution in [0.15, 0.2) is 36.4 Å². The number of hydrogen-bond donors (Lipinski definition) is 1. The van der Waals surface area contributed by atoms with Crippen molar-refractivity contribution in [1.29, 1.82) is 0 Å². The number of aryl methyl sites for hydroxylation is 1. The maximum absolute atomic E-state index is 5.63. The number of rotatable bonds is 6. The van der Waals surface area contributed by atoms with Crippen molar-refractivity contribution in [2.24, 2.45) is 5.73 Å². The summed E-state index contributed by atoms with van der Waals surface area (Å²) in [7, 11) is 1.61. The van der Waals surface area contributed by atoms with E-state index in [9.17, 15) is 0 Å². The molecule has 2 aromatic rings. The first-order chi connectivity index (χ1) is 9.74. The Morgan fingerprint density at radius 3 is 2.60 bits per heavy atom. The quantitative estimate of drug-likeness (QED) is 0.874. The third-order valence-corrected chi connectivity index (χ3v) is 2.92. The van der Waals surface area contributed by atoms with E-state index in [1.54, 1.807) is 7.11 Å². The van der Waals surface area contributed by atoms with E-state index in [4.69, 9.17) is 10.5 Å². The molecule has 0 radical (unpaired) electrons. The zero-order valence-corrected chi connectivity index (χ0v) is 11.9. The molecule has 0 bridgehead atoms. The summed E-state index contributed by atoms with van der Waals surface area (Å²) in [5.74, 6) is 1.21. The first kappa shape index (κ1) is 14.3. The van der Waals surface area contributed by atoms with Crippen LogP contribution in [0.1, 0.15) is 12.1 Å². The standard InChI is InChI=1S/C15H20N4O/c1-12-11-14(20-2)18-15(17-12)19(10-6-9-16)13-7-4-3-5-8-13/h3-5,7-8,11H,6,9-10,16H2,1-2H3. The summed E-state index contributed by atoms with van der Waals surface area (Å²) in [5, 5.41) is 0. The van der Waals surface area contributed by atoms with Gasteiger partial charge in [-0.25, -0.2) is 4.98 Å². The molecule has 106 valence electrons. The highest BCUT2D eigenvalue weighted by molar-refractivity contribution is 5.57. The highest BCUT2D eigenvalue weighted by atomic mass is 16.5. The predicted octanol–water partition coefficient (Wildman–Crippen LogP) is 2.28. The van der Waals surface area contributed by atoms with E-state index >= 15 is 0 Å². The molecular weight excluding hydrogens is 252 g/mol. The molecule has 1 heterocycles. The van der Waals surface area contributed by atoms with Gasteiger partial charge in [-0.05, 0) is 32.0 Å². The highest BCUT2D eigenvalue weighted by Gasteiger charge is 2.13. The van der Waals surface area contributed by atoms with Gasteiger partial charge in [0, 0.05) is 24.0 Å². The van der Waals surface area contributed by atoms with E-state index in [0.717, 1.165) is 24.3 Å². The van der Waals surface area contributed by atoms with Gasteiger partial charge in [-0.2, -0.15) is 4.98 Å². The fraction of sp³-hybridized carbons (Fsp3) is 0.333. The second-order valence-corrected chi connectivity index (χ2v) is 4.48. The molecule has 20 heavy (non-hydrogen) atoms. The third-order valence-electron chi connectivity index (χ3n) is 2.92. The molecule has 0 aliphatic rings. The molecule has 5 nitrogen and oxygen atoms in total. The Balaban J connectivity index is 2.38. The number of para-hydroxylation sites is 1. The van der Waals surface area contributed by atoms with Crippen molar-refractivity contribution in [2.75, 3.05) is 25.1 Å². The van der Waals surface area contributed by atoms with E-state index in [1.807, 2.05) is 43.3 Å². The molecule has 0 amide bonds. The van der Waals surface area contributed by atoms with Crippen molar-refractivity contribution < 1.29 is 4.74 Å². The molecule has 0 unspecified atom stereocenters. The molecule has 0 aliphatic carbocycles. The SMILES string of the molecule is COc1cc(C)nc(N(CCCN)c2ccccc2)n1. The smallest absolute Gasteiger partial charge is 0.233 e. The topological polar surface area (TPSA) is 64.3 Å². The monoisotopic (exact) mass is 272 g/mol. The van der Waals surface area contributed by atoms with Gasteiger partial charge in [0.2, 0.25) is 11.8 Å². The summed E-state index contributed by atoms with van der Waals surface area (Å²) in [6.07, 6.45) is 0.870. The van der Waals surface area contributed by atoms with Crippen LogP contribution in [0, 0.1) is 6.92 Å². The average Bonchev–Trinajstić information content (AvgIpc) is 2.48. The molecule has 0 aliphatic heterocycles. The predicted molar refractivity (Wildman–Crippen MR) is 80.4 cm³/mol. The molecule has 0 spiro atoms. The molecule has 0 atom stereocenters. The van der Waals surface area contributed by atoms with Gasteiger partial charge >= 0.3 is 0 Å². The Labute approximate surface area is 119 Å². The van der Waals surface area contributed by atoms with E-state index in [1.165, 1.54) is 0 Å². The van der Waals surface area contributed by atoms with E-state index < -0.39 is 0 Å². The second kappa shape index (κ2) is 6.86. The highest BCUT2D eigenvalue weighted by Crippen LogP contribution is 2.24. The summed E-state index contributed by atoms with van der Waals surface area (Å²) in [6.45, 7) is 3.33. The van der Waals surface area contributed by atoms with Crippen LogP contribution in [0.5, 0.6) is 5.88 Å². The molecule has 2 N–H and O–H groups in total. The molecule has 5 heteroatoms. The number of hydrogen-bond acceptors (Lipinski definition) is 5. The zero-order valence-electron chi connectivity index (χ0n) is 11.9. The number of nitrogens with zero attached hydrogens (tertiary/aromatic N) is 3. The minimum Gasteiger partial charge on any atom is -0.481 e. The minimum absolute atomic E-state index is 0.571. The molecule has 0 saturated heterocycles. The lowest BCUT2D eigenvalue weighted by Gasteiger charge is -2.23. The van der Waals surface area contributed by atoms with Crippen LogP contribution in [0.25, 0.3) is 0 Å². The van der Waals surface area contributed by atoms with Gasteiger partial charge in [0.1, 0.15) is 0 Å². The van der Waals surface area contributed by atoms with Crippen molar-refractivity contribution in [1.82, 2.24) is 9.97 Å².